The molecule has 3 aliphatic carbocycles. The molecular formula is C51H40N2. The SMILES string of the molecule is Cc1ccc(N(c2ccccc2)c2ccc3c(c2)C2(C4=CC=CCC4c4ccccc42)c2cc(N(c4ccccc4)c4ccc(C)cc4)ccc2-3)cc1. The lowest BCUT2D eigenvalue weighted by Crippen LogP contribution is -2.28. The Morgan fingerprint density at radius 2 is 0.906 bits per heavy atom. The molecule has 0 fully saturated rings. The van der Waals surface area contributed by atoms with E-state index in [0.29, 0.717) is 5.92 Å². The van der Waals surface area contributed by atoms with Crippen LogP contribution in [0.2, 0.25) is 0 Å². The Bertz CT molecular complexity index is 2410. The summed E-state index contributed by atoms with van der Waals surface area (Å²) >= 11 is 0. The number of nitrogens with zero attached hydrogens (tertiary/aromatic N) is 2. The highest BCUT2D eigenvalue weighted by molar-refractivity contribution is 5.93. The zero-order chi connectivity index (χ0) is 35.5. The molecule has 1 unspecified atom stereocenters. The zero-order valence-electron chi connectivity index (χ0n) is 30.1. The molecule has 0 aromatic heterocycles. The first-order valence-electron chi connectivity index (χ1n) is 18.7. The molecule has 53 heavy (non-hydrogen) atoms. The lowest BCUT2D eigenvalue weighted by Gasteiger charge is -2.35. The maximum absolute atomic E-state index is 2.50. The van der Waals surface area contributed by atoms with Crippen molar-refractivity contribution >= 4 is 34.1 Å². The first-order chi connectivity index (χ1) is 26.1. The summed E-state index contributed by atoms with van der Waals surface area (Å²) in [6, 6.07) is 63.0. The van der Waals surface area contributed by atoms with Gasteiger partial charge in [-0.05, 0) is 132 Å². The van der Waals surface area contributed by atoms with E-state index in [0.717, 1.165) is 40.5 Å². The maximum atomic E-state index is 2.50. The van der Waals surface area contributed by atoms with E-state index >= 15 is 0 Å². The number of para-hydroxylation sites is 2. The summed E-state index contributed by atoms with van der Waals surface area (Å²) < 4.78 is 0. The molecule has 2 nitrogen and oxygen atoms in total. The molecule has 0 radical (unpaired) electrons. The Labute approximate surface area is 312 Å². The number of hydrogen-bond acceptors (Lipinski definition) is 2. The highest BCUT2D eigenvalue weighted by Crippen LogP contribution is 2.66. The lowest BCUT2D eigenvalue weighted by molar-refractivity contribution is 0.708. The third kappa shape index (κ3) is 4.86. The molecule has 7 aromatic rings. The van der Waals surface area contributed by atoms with Gasteiger partial charge in [0.2, 0.25) is 0 Å². The molecule has 0 N–H and O–H groups in total. The maximum Gasteiger partial charge on any atom is 0.0686 e. The van der Waals surface area contributed by atoms with Crippen LogP contribution in [0.25, 0.3) is 11.1 Å². The molecule has 1 atom stereocenters. The van der Waals surface area contributed by atoms with Crippen LogP contribution in [0.1, 0.15) is 45.7 Å². The van der Waals surface area contributed by atoms with Crippen molar-refractivity contribution in [3.8, 4) is 11.1 Å². The number of aryl methyl sites for hydroxylation is 2. The Morgan fingerprint density at radius 3 is 1.43 bits per heavy atom. The van der Waals surface area contributed by atoms with Gasteiger partial charge in [0, 0.05) is 40.0 Å². The monoisotopic (exact) mass is 680 g/mol. The Balaban J connectivity index is 1.24. The number of hydrogen-bond donors (Lipinski definition) is 0. The van der Waals surface area contributed by atoms with Crippen LogP contribution in [-0.2, 0) is 5.41 Å². The summed E-state index contributed by atoms with van der Waals surface area (Å²) in [7, 11) is 0. The van der Waals surface area contributed by atoms with Crippen LogP contribution in [0.3, 0.4) is 0 Å². The third-order valence-corrected chi connectivity index (χ3v) is 11.6. The molecule has 7 aromatic carbocycles. The fraction of sp³-hybridized carbons (Fsp3) is 0.0980. The zero-order valence-corrected chi connectivity index (χ0v) is 30.1. The quantitative estimate of drug-likeness (QED) is 0.172. The standard InChI is InChI=1S/C51H40N2/c1-35-21-25-39(26-22-35)52(37-13-5-3-6-14-37)41-29-31-45-46-32-30-42(53(38-15-7-4-8-16-38)40-27-23-36(2)24-28-40)34-50(46)51(49(45)33-41)47-19-11-9-17-43(47)44-18-10-12-20-48(44)51/h3-17,19-34,44H,18H2,1-2H3. The van der Waals surface area contributed by atoms with Crippen molar-refractivity contribution in [2.75, 3.05) is 9.80 Å². The van der Waals surface area contributed by atoms with Gasteiger partial charge in [0.1, 0.15) is 0 Å². The molecular weight excluding hydrogens is 641 g/mol. The highest BCUT2D eigenvalue weighted by atomic mass is 15.1. The molecule has 0 saturated heterocycles. The Hall–Kier alpha value is -6.38. The normalized spacial score (nSPS) is 15.7. The van der Waals surface area contributed by atoms with Gasteiger partial charge in [0.25, 0.3) is 0 Å². The highest BCUT2D eigenvalue weighted by Gasteiger charge is 2.55. The van der Waals surface area contributed by atoms with E-state index in [-0.39, 0.29) is 0 Å². The Kier molecular flexibility index (Phi) is 7.33. The van der Waals surface area contributed by atoms with Gasteiger partial charge < -0.3 is 9.80 Å². The van der Waals surface area contributed by atoms with Crippen LogP contribution in [0.4, 0.5) is 34.1 Å². The van der Waals surface area contributed by atoms with E-state index in [2.05, 4.69) is 212 Å². The van der Waals surface area contributed by atoms with Crippen LogP contribution in [0, 0.1) is 13.8 Å². The second-order valence-electron chi connectivity index (χ2n) is 14.6. The van der Waals surface area contributed by atoms with Gasteiger partial charge >= 0.3 is 0 Å². The summed E-state index contributed by atoms with van der Waals surface area (Å²) in [6.45, 7) is 4.30. The van der Waals surface area contributed by atoms with Crippen LogP contribution in [0.15, 0.2) is 194 Å². The summed E-state index contributed by atoms with van der Waals surface area (Å²) in [5.74, 6) is 0.326. The van der Waals surface area contributed by atoms with Crippen molar-refractivity contribution in [2.24, 2.45) is 0 Å². The van der Waals surface area contributed by atoms with Gasteiger partial charge in [-0.25, -0.2) is 0 Å². The smallest absolute Gasteiger partial charge is 0.0686 e. The molecule has 0 aliphatic heterocycles. The summed E-state index contributed by atoms with van der Waals surface area (Å²) in [5.41, 5.74) is 18.6. The minimum Gasteiger partial charge on any atom is -0.310 e. The van der Waals surface area contributed by atoms with Crippen molar-refractivity contribution in [2.45, 2.75) is 31.6 Å². The summed E-state index contributed by atoms with van der Waals surface area (Å²) in [6.07, 6.45) is 8.07. The van der Waals surface area contributed by atoms with Gasteiger partial charge in [0.05, 0.1) is 5.41 Å². The number of benzene rings is 7. The molecule has 2 heteroatoms. The van der Waals surface area contributed by atoms with Gasteiger partial charge in [-0.15, -0.1) is 0 Å². The summed E-state index contributed by atoms with van der Waals surface area (Å²) in [4.78, 5) is 4.81. The number of anilines is 6. The van der Waals surface area contributed by atoms with E-state index in [9.17, 15) is 0 Å². The molecule has 0 saturated carbocycles. The van der Waals surface area contributed by atoms with Crippen molar-refractivity contribution in [3.63, 3.8) is 0 Å². The van der Waals surface area contributed by atoms with Crippen molar-refractivity contribution in [1.82, 2.24) is 0 Å². The fourth-order valence-electron chi connectivity index (χ4n) is 9.22. The van der Waals surface area contributed by atoms with Crippen LogP contribution < -0.4 is 9.80 Å². The first-order valence-corrected chi connectivity index (χ1v) is 18.7. The fourth-order valence-corrected chi connectivity index (χ4v) is 9.22. The van der Waals surface area contributed by atoms with Gasteiger partial charge in [0.15, 0.2) is 0 Å². The average Bonchev–Trinajstić information content (AvgIpc) is 3.67. The van der Waals surface area contributed by atoms with Crippen LogP contribution in [0.5, 0.6) is 0 Å². The molecule has 0 bridgehead atoms. The minimum absolute atomic E-state index is 0.326. The van der Waals surface area contributed by atoms with Gasteiger partial charge in [-0.2, -0.15) is 0 Å². The number of fused-ring (bicyclic) bond motifs is 10. The first kappa shape index (κ1) is 31.4. The number of allylic oxidation sites excluding steroid dienone is 4. The number of rotatable bonds is 6. The molecule has 1 spiro atoms. The minimum atomic E-state index is -0.437. The molecule has 10 rings (SSSR count). The predicted octanol–water partition coefficient (Wildman–Crippen LogP) is 13.5. The van der Waals surface area contributed by atoms with Crippen molar-refractivity contribution in [1.29, 1.82) is 0 Å². The van der Waals surface area contributed by atoms with E-state index in [1.807, 2.05) is 0 Å². The molecule has 0 heterocycles. The van der Waals surface area contributed by atoms with Gasteiger partial charge in [-0.1, -0.05) is 126 Å². The molecule has 3 aliphatic rings. The van der Waals surface area contributed by atoms with Crippen molar-refractivity contribution in [3.05, 3.63) is 227 Å². The van der Waals surface area contributed by atoms with E-state index in [1.165, 1.54) is 50.1 Å². The van der Waals surface area contributed by atoms with E-state index < -0.39 is 5.41 Å². The second-order valence-corrected chi connectivity index (χ2v) is 14.6. The predicted molar refractivity (Wildman–Crippen MR) is 222 cm³/mol. The molecule has 0 amide bonds. The Morgan fingerprint density at radius 1 is 0.453 bits per heavy atom. The van der Waals surface area contributed by atoms with Crippen LogP contribution >= 0.6 is 0 Å². The summed E-state index contributed by atoms with van der Waals surface area (Å²) in [5, 5.41) is 0. The van der Waals surface area contributed by atoms with Gasteiger partial charge in [-0.3, -0.25) is 0 Å². The van der Waals surface area contributed by atoms with E-state index in [1.54, 1.807) is 0 Å². The second kappa shape index (κ2) is 12.4. The largest absolute Gasteiger partial charge is 0.310 e. The topological polar surface area (TPSA) is 6.48 Å². The third-order valence-electron chi connectivity index (χ3n) is 11.6. The molecule has 254 valence electrons. The van der Waals surface area contributed by atoms with Crippen molar-refractivity contribution < 1.29 is 0 Å². The van der Waals surface area contributed by atoms with E-state index in [4.69, 9.17) is 0 Å². The average molecular weight is 681 g/mol. The van der Waals surface area contributed by atoms with Crippen LogP contribution in [-0.4, -0.2) is 0 Å². The lowest BCUT2D eigenvalue weighted by atomic mass is 9.68.